The fourth-order valence-electron chi connectivity index (χ4n) is 3.14. The van der Waals surface area contributed by atoms with Crippen LogP contribution >= 0.6 is 0 Å². The van der Waals surface area contributed by atoms with Crippen LogP contribution in [0.25, 0.3) is 32.3 Å². The summed E-state index contributed by atoms with van der Waals surface area (Å²) >= 11 is 0. The van der Waals surface area contributed by atoms with Crippen molar-refractivity contribution in [3.05, 3.63) is 84.1 Å². The fourth-order valence-corrected chi connectivity index (χ4v) is 3.14. The van der Waals surface area contributed by atoms with Gasteiger partial charge < -0.3 is 5.11 Å². The van der Waals surface area contributed by atoms with Crippen molar-refractivity contribution in [2.45, 2.75) is 20.8 Å². The molecule has 0 aliphatic carbocycles. The number of carbonyl (C=O) groups excluding carboxylic acids is 1. The minimum atomic E-state index is -0.125. The van der Waals surface area contributed by atoms with Crippen LogP contribution < -0.4 is 0 Å². The maximum absolute atomic E-state index is 10.0. The number of aliphatic hydroxyl groups is 1. The summed E-state index contributed by atoms with van der Waals surface area (Å²) in [4.78, 5) is 10.0. The van der Waals surface area contributed by atoms with E-state index < -0.39 is 0 Å². The second-order valence-corrected chi connectivity index (χ2v) is 6.37. The molecule has 0 aliphatic heterocycles. The van der Waals surface area contributed by atoms with Crippen molar-refractivity contribution in [2.75, 3.05) is 0 Å². The molecule has 0 heterocycles. The summed E-state index contributed by atoms with van der Waals surface area (Å²) in [6.07, 6.45) is 1.17. The number of carbonyl (C=O) groups is 1. The summed E-state index contributed by atoms with van der Waals surface area (Å²) in [5, 5.41) is 15.8. The first-order valence-electron chi connectivity index (χ1n) is 8.48. The van der Waals surface area contributed by atoms with Gasteiger partial charge >= 0.3 is 0 Å². The molecule has 4 rings (SSSR count). The Balaban J connectivity index is 0.000000285. The molecule has 0 fully saturated rings. The van der Waals surface area contributed by atoms with Gasteiger partial charge in [0.1, 0.15) is 0 Å². The third-order valence-electron chi connectivity index (χ3n) is 4.11. The number of benzene rings is 4. The standard InChI is InChI=1S/C19H12.C5H8O2.Ir/c1-13-10-11-18-16-8-3-2-6-14(16)15-7-4-5-9-17(15)19(18)12-13;1-4(6)3-5(2)7;/h2-7,9-10,12H,1H3;3,6H,1-2H3;/q-2;;/b;4-3-;. The molecule has 0 amide bonds. The van der Waals surface area contributed by atoms with Gasteiger partial charge in [0.05, 0.1) is 5.76 Å². The molecule has 2 nitrogen and oxygen atoms in total. The van der Waals surface area contributed by atoms with Crippen LogP contribution in [-0.2, 0) is 24.9 Å². The first-order valence-corrected chi connectivity index (χ1v) is 8.48. The Hall–Kier alpha value is -2.48. The number of hydrogen-bond donors (Lipinski definition) is 1. The Kier molecular flexibility index (Phi) is 6.90. The van der Waals surface area contributed by atoms with Gasteiger partial charge in [-0.05, 0) is 13.8 Å². The molecule has 0 spiro atoms. The van der Waals surface area contributed by atoms with E-state index in [-0.39, 0.29) is 31.6 Å². The molecule has 4 aromatic rings. The molecular weight excluding hydrogens is 512 g/mol. The van der Waals surface area contributed by atoms with Crippen molar-refractivity contribution in [2.24, 2.45) is 0 Å². The van der Waals surface area contributed by atoms with Crippen molar-refractivity contribution in [3.63, 3.8) is 0 Å². The van der Waals surface area contributed by atoms with E-state index in [1.165, 1.54) is 52.4 Å². The Bertz CT molecular complexity index is 1100. The van der Waals surface area contributed by atoms with Crippen molar-refractivity contribution in [1.29, 1.82) is 0 Å². The Morgan fingerprint density at radius 3 is 2.11 bits per heavy atom. The third-order valence-corrected chi connectivity index (χ3v) is 4.11. The SMILES string of the molecule is CC(=O)/C=C(/C)O.Cc1c[c-]c2c3[c-]cccc3c3ccccc3c2c1.[Ir]. The van der Waals surface area contributed by atoms with Crippen LogP contribution in [0.5, 0.6) is 0 Å². The van der Waals surface area contributed by atoms with E-state index in [0.717, 1.165) is 5.39 Å². The van der Waals surface area contributed by atoms with Crippen molar-refractivity contribution in [3.8, 4) is 0 Å². The molecule has 139 valence electrons. The summed E-state index contributed by atoms with van der Waals surface area (Å²) < 4.78 is 0. The van der Waals surface area contributed by atoms with Crippen LogP contribution in [0.15, 0.2) is 66.4 Å². The summed E-state index contributed by atoms with van der Waals surface area (Å²) in [7, 11) is 0. The summed E-state index contributed by atoms with van der Waals surface area (Å²) in [6, 6.07) is 25.9. The average Bonchev–Trinajstić information content (AvgIpc) is 2.61. The number of rotatable bonds is 1. The monoisotopic (exact) mass is 533 g/mol. The first-order chi connectivity index (χ1) is 12.5. The third kappa shape index (κ3) is 4.63. The normalized spacial score (nSPS) is 11.0. The average molecular weight is 533 g/mol. The Morgan fingerprint density at radius 1 is 0.926 bits per heavy atom. The van der Waals surface area contributed by atoms with Gasteiger partial charge in [0.25, 0.3) is 0 Å². The number of hydrogen-bond acceptors (Lipinski definition) is 2. The molecule has 0 atom stereocenters. The predicted octanol–water partition coefficient (Wildman–Crippen LogP) is 6.09. The molecule has 27 heavy (non-hydrogen) atoms. The van der Waals surface area contributed by atoms with Crippen molar-refractivity contribution in [1.82, 2.24) is 0 Å². The van der Waals surface area contributed by atoms with Crippen LogP contribution in [0, 0.1) is 19.1 Å². The van der Waals surface area contributed by atoms with Gasteiger partial charge in [-0.25, -0.2) is 10.8 Å². The smallest absolute Gasteiger partial charge is 0.155 e. The maximum atomic E-state index is 10.0. The van der Waals surface area contributed by atoms with Gasteiger partial charge in [-0.3, -0.25) is 4.79 Å². The second-order valence-electron chi connectivity index (χ2n) is 6.37. The molecular formula is C24H20IrO2-2. The van der Waals surface area contributed by atoms with Gasteiger partial charge in [0.15, 0.2) is 5.78 Å². The molecule has 0 unspecified atom stereocenters. The second kappa shape index (κ2) is 8.94. The number of allylic oxidation sites excluding steroid dienone is 2. The van der Waals surface area contributed by atoms with Crippen LogP contribution in [0.4, 0.5) is 0 Å². The first kappa shape index (κ1) is 20.8. The minimum absolute atomic E-state index is 0. The Labute approximate surface area is 172 Å². The van der Waals surface area contributed by atoms with E-state index in [1.807, 2.05) is 6.07 Å². The molecule has 4 aromatic carbocycles. The molecule has 1 radical (unpaired) electrons. The van der Waals surface area contributed by atoms with E-state index in [2.05, 4.69) is 67.6 Å². The molecule has 0 aromatic heterocycles. The number of aryl methyl sites for hydroxylation is 1. The predicted molar refractivity (Wildman–Crippen MR) is 108 cm³/mol. The van der Waals surface area contributed by atoms with Gasteiger partial charge in [-0.1, -0.05) is 42.0 Å². The van der Waals surface area contributed by atoms with Crippen LogP contribution in [-0.4, -0.2) is 10.9 Å². The fraction of sp³-hybridized carbons (Fsp3) is 0.125. The zero-order valence-corrected chi connectivity index (χ0v) is 17.9. The van der Waals surface area contributed by atoms with E-state index in [0.29, 0.717) is 0 Å². The topological polar surface area (TPSA) is 37.3 Å². The van der Waals surface area contributed by atoms with Crippen LogP contribution in [0.2, 0.25) is 0 Å². The van der Waals surface area contributed by atoms with Crippen LogP contribution in [0.3, 0.4) is 0 Å². The van der Waals surface area contributed by atoms with Crippen molar-refractivity contribution < 1.29 is 30.0 Å². The van der Waals surface area contributed by atoms with Gasteiger partial charge in [-0.15, -0.1) is 34.5 Å². The van der Waals surface area contributed by atoms with Gasteiger partial charge in [0.2, 0.25) is 0 Å². The zero-order valence-electron chi connectivity index (χ0n) is 15.5. The molecule has 1 N–H and O–H groups in total. The van der Waals surface area contributed by atoms with E-state index in [4.69, 9.17) is 5.11 Å². The summed E-state index contributed by atoms with van der Waals surface area (Å²) in [6.45, 7) is 4.96. The van der Waals surface area contributed by atoms with Crippen LogP contribution in [0.1, 0.15) is 19.4 Å². The van der Waals surface area contributed by atoms with E-state index in [1.54, 1.807) is 0 Å². The quantitative estimate of drug-likeness (QED) is 0.139. The zero-order chi connectivity index (χ0) is 18.7. The van der Waals surface area contributed by atoms with Gasteiger partial charge in [-0.2, -0.15) is 24.3 Å². The molecule has 3 heteroatoms. The maximum Gasteiger partial charge on any atom is 0.155 e. The number of ketones is 1. The summed E-state index contributed by atoms with van der Waals surface area (Å²) in [5.41, 5.74) is 1.24. The largest absolute Gasteiger partial charge is 0.512 e. The number of fused-ring (bicyclic) bond motifs is 6. The molecule has 0 aliphatic rings. The van der Waals surface area contributed by atoms with Crippen molar-refractivity contribution >= 4 is 38.1 Å². The molecule has 0 bridgehead atoms. The van der Waals surface area contributed by atoms with E-state index in [9.17, 15) is 4.79 Å². The number of aliphatic hydroxyl groups excluding tert-OH is 1. The van der Waals surface area contributed by atoms with Gasteiger partial charge in [0, 0.05) is 26.2 Å². The molecule has 0 saturated carbocycles. The summed E-state index contributed by atoms with van der Waals surface area (Å²) in [5.74, 6) is -0.0625. The molecule has 0 saturated heterocycles. The minimum Gasteiger partial charge on any atom is -0.512 e. The van der Waals surface area contributed by atoms with E-state index >= 15 is 0 Å². The Morgan fingerprint density at radius 2 is 1.52 bits per heavy atom.